The van der Waals surface area contributed by atoms with Crippen LogP contribution in [0.25, 0.3) is 0 Å². The summed E-state index contributed by atoms with van der Waals surface area (Å²) in [5, 5.41) is 9.69. The number of likely N-dealkylation sites (tertiary alicyclic amines) is 1. The highest BCUT2D eigenvalue weighted by molar-refractivity contribution is 5.99. The van der Waals surface area contributed by atoms with Gasteiger partial charge in [-0.3, -0.25) is 19.1 Å². The quantitative estimate of drug-likeness (QED) is 0.721. The smallest absolute Gasteiger partial charge is 0.245 e. The van der Waals surface area contributed by atoms with Gasteiger partial charge in [-0.05, 0) is 24.5 Å². The number of hydrogen-bond acceptors (Lipinski definition) is 4. The first kappa shape index (κ1) is 20.3. The van der Waals surface area contributed by atoms with E-state index >= 15 is 0 Å². The van der Waals surface area contributed by atoms with Crippen LogP contribution in [0, 0.1) is 0 Å². The first-order valence-corrected chi connectivity index (χ1v) is 9.51. The number of piperidine rings is 1. The van der Waals surface area contributed by atoms with Gasteiger partial charge in [0.2, 0.25) is 17.7 Å². The van der Waals surface area contributed by atoms with Crippen LogP contribution in [0.3, 0.4) is 0 Å². The third-order valence-corrected chi connectivity index (χ3v) is 5.33. The van der Waals surface area contributed by atoms with Gasteiger partial charge >= 0.3 is 0 Å². The average molecular weight is 395 g/mol. The highest BCUT2D eigenvalue weighted by Crippen LogP contribution is 2.36. The SMILES string of the molecule is C=CC(=O)N1CCC(C(=O)Nc2ccn(CC(=O)NC)n2)(c2ccccc2)CC1. The molecule has 0 saturated carbocycles. The van der Waals surface area contributed by atoms with Crippen molar-refractivity contribution in [2.45, 2.75) is 24.8 Å². The highest BCUT2D eigenvalue weighted by Gasteiger charge is 2.43. The second-order valence-corrected chi connectivity index (χ2v) is 7.00. The van der Waals surface area contributed by atoms with Gasteiger partial charge < -0.3 is 15.5 Å². The molecular weight excluding hydrogens is 370 g/mol. The van der Waals surface area contributed by atoms with Gasteiger partial charge in [-0.15, -0.1) is 0 Å². The van der Waals surface area contributed by atoms with E-state index in [1.54, 1.807) is 24.2 Å². The Morgan fingerprint density at radius 3 is 2.48 bits per heavy atom. The molecule has 29 heavy (non-hydrogen) atoms. The van der Waals surface area contributed by atoms with Crippen molar-refractivity contribution in [3.63, 3.8) is 0 Å². The molecule has 2 heterocycles. The minimum Gasteiger partial charge on any atom is -0.358 e. The maximum atomic E-state index is 13.4. The molecule has 8 heteroatoms. The molecule has 1 aromatic carbocycles. The molecule has 1 aliphatic rings. The second kappa shape index (κ2) is 8.72. The van der Waals surface area contributed by atoms with E-state index in [2.05, 4.69) is 22.3 Å². The fraction of sp³-hybridized carbons (Fsp3) is 0.333. The predicted octanol–water partition coefficient (Wildman–Crippen LogP) is 1.31. The van der Waals surface area contributed by atoms with Crippen molar-refractivity contribution in [2.24, 2.45) is 0 Å². The second-order valence-electron chi connectivity index (χ2n) is 7.00. The number of benzene rings is 1. The summed E-state index contributed by atoms with van der Waals surface area (Å²) in [5.41, 5.74) is 0.150. The molecule has 2 N–H and O–H groups in total. The Morgan fingerprint density at radius 1 is 1.17 bits per heavy atom. The molecule has 1 fully saturated rings. The summed E-state index contributed by atoms with van der Waals surface area (Å²) in [6.07, 6.45) is 3.95. The average Bonchev–Trinajstić information content (AvgIpc) is 3.20. The molecule has 2 aromatic rings. The first-order chi connectivity index (χ1) is 14.0. The zero-order chi connectivity index (χ0) is 20.9. The molecule has 3 rings (SSSR count). The summed E-state index contributed by atoms with van der Waals surface area (Å²) in [6.45, 7) is 4.56. The highest BCUT2D eigenvalue weighted by atomic mass is 16.2. The molecule has 1 aliphatic heterocycles. The van der Waals surface area contributed by atoms with E-state index in [4.69, 9.17) is 0 Å². The minimum atomic E-state index is -0.760. The van der Waals surface area contributed by atoms with E-state index < -0.39 is 5.41 Å². The largest absolute Gasteiger partial charge is 0.358 e. The Kier molecular flexibility index (Phi) is 6.11. The van der Waals surface area contributed by atoms with Crippen LogP contribution in [0.2, 0.25) is 0 Å². The summed E-state index contributed by atoms with van der Waals surface area (Å²) in [4.78, 5) is 38.5. The number of nitrogens with zero attached hydrogens (tertiary/aromatic N) is 3. The van der Waals surface area contributed by atoms with Gasteiger partial charge in [0.15, 0.2) is 5.82 Å². The zero-order valence-corrected chi connectivity index (χ0v) is 16.4. The molecule has 1 aromatic heterocycles. The van der Waals surface area contributed by atoms with Crippen LogP contribution < -0.4 is 10.6 Å². The van der Waals surface area contributed by atoms with Crippen molar-refractivity contribution < 1.29 is 14.4 Å². The van der Waals surface area contributed by atoms with Gasteiger partial charge in [-0.25, -0.2) is 0 Å². The zero-order valence-electron chi connectivity index (χ0n) is 16.4. The Labute approximate surface area is 169 Å². The van der Waals surface area contributed by atoms with Gasteiger partial charge in [0.25, 0.3) is 0 Å². The lowest BCUT2D eigenvalue weighted by molar-refractivity contribution is -0.131. The van der Waals surface area contributed by atoms with Crippen LogP contribution in [0.4, 0.5) is 5.82 Å². The predicted molar refractivity (Wildman–Crippen MR) is 109 cm³/mol. The molecule has 0 aliphatic carbocycles. The lowest BCUT2D eigenvalue weighted by Gasteiger charge is -2.40. The lowest BCUT2D eigenvalue weighted by atomic mass is 9.72. The third kappa shape index (κ3) is 4.37. The summed E-state index contributed by atoms with van der Waals surface area (Å²) in [6, 6.07) is 11.3. The maximum absolute atomic E-state index is 13.4. The number of aromatic nitrogens is 2. The van der Waals surface area contributed by atoms with E-state index in [1.807, 2.05) is 30.3 Å². The van der Waals surface area contributed by atoms with E-state index in [-0.39, 0.29) is 24.3 Å². The number of nitrogens with one attached hydrogen (secondary N) is 2. The Morgan fingerprint density at radius 2 is 1.86 bits per heavy atom. The summed E-state index contributed by atoms with van der Waals surface area (Å²) < 4.78 is 1.47. The number of carbonyl (C=O) groups is 3. The van der Waals surface area contributed by atoms with Crippen molar-refractivity contribution in [1.82, 2.24) is 20.0 Å². The molecule has 3 amide bonds. The standard InChI is InChI=1S/C21H25N5O3/c1-3-19(28)25-13-10-21(11-14-25,16-7-5-4-6-8-16)20(29)23-17-9-12-26(24-17)15-18(27)22-2/h3-9,12H,1,10-11,13-15H2,2H3,(H,22,27)(H,23,24,29). The lowest BCUT2D eigenvalue weighted by Crippen LogP contribution is -2.50. The molecule has 8 nitrogen and oxygen atoms in total. The van der Waals surface area contributed by atoms with Crippen LogP contribution in [-0.4, -0.2) is 52.5 Å². The normalized spacial score (nSPS) is 15.4. The maximum Gasteiger partial charge on any atom is 0.245 e. The van der Waals surface area contributed by atoms with Crippen LogP contribution in [-0.2, 0) is 26.3 Å². The van der Waals surface area contributed by atoms with Gasteiger partial charge in [0, 0.05) is 32.4 Å². The van der Waals surface area contributed by atoms with Crippen LogP contribution >= 0.6 is 0 Å². The summed E-state index contributed by atoms with van der Waals surface area (Å²) >= 11 is 0. The number of hydrogen-bond donors (Lipinski definition) is 2. The van der Waals surface area contributed by atoms with Gasteiger partial charge in [-0.1, -0.05) is 36.9 Å². The van der Waals surface area contributed by atoms with Crippen molar-refractivity contribution in [3.05, 3.63) is 60.8 Å². The molecule has 0 unspecified atom stereocenters. The summed E-state index contributed by atoms with van der Waals surface area (Å²) in [5.74, 6) is -0.0793. The number of anilines is 1. The number of likely N-dealkylation sites (N-methyl/N-ethyl adjacent to an activating group) is 1. The monoisotopic (exact) mass is 395 g/mol. The topological polar surface area (TPSA) is 96.3 Å². The first-order valence-electron chi connectivity index (χ1n) is 9.51. The molecule has 0 radical (unpaired) electrons. The van der Waals surface area contributed by atoms with Crippen molar-refractivity contribution in [1.29, 1.82) is 0 Å². The van der Waals surface area contributed by atoms with E-state index in [0.29, 0.717) is 31.7 Å². The van der Waals surface area contributed by atoms with Crippen LogP contribution in [0.15, 0.2) is 55.3 Å². The molecular formula is C21H25N5O3. The van der Waals surface area contributed by atoms with Crippen molar-refractivity contribution in [2.75, 3.05) is 25.5 Å². The van der Waals surface area contributed by atoms with Crippen LogP contribution in [0.1, 0.15) is 18.4 Å². The van der Waals surface area contributed by atoms with Gasteiger partial charge in [0.1, 0.15) is 6.54 Å². The van der Waals surface area contributed by atoms with E-state index in [0.717, 1.165) is 5.56 Å². The fourth-order valence-corrected chi connectivity index (χ4v) is 3.62. The van der Waals surface area contributed by atoms with Gasteiger partial charge in [0.05, 0.1) is 5.41 Å². The number of rotatable bonds is 6. The van der Waals surface area contributed by atoms with Crippen LogP contribution in [0.5, 0.6) is 0 Å². The molecule has 152 valence electrons. The summed E-state index contributed by atoms with van der Waals surface area (Å²) in [7, 11) is 1.56. The Hall–Kier alpha value is -3.42. The molecule has 0 spiro atoms. The van der Waals surface area contributed by atoms with E-state index in [1.165, 1.54) is 10.8 Å². The Balaban J connectivity index is 1.80. The molecule has 0 bridgehead atoms. The van der Waals surface area contributed by atoms with Crippen molar-refractivity contribution >= 4 is 23.5 Å². The fourth-order valence-electron chi connectivity index (χ4n) is 3.62. The number of carbonyl (C=O) groups excluding carboxylic acids is 3. The molecule has 1 saturated heterocycles. The Bertz CT molecular complexity index is 898. The van der Waals surface area contributed by atoms with Crippen molar-refractivity contribution in [3.8, 4) is 0 Å². The number of amides is 3. The van der Waals surface area contributed by atoms with Gasteiger partial charge in [-0.2, -0.15) is 5.10 Å². The minimum absolute atomic E-state index is 0.0782. The molecule has 0 atom stereocenters. The third-order valence-electron chi connectivity index (χ3n) is 5.33. The van der Waals surface area contributed by atoms with E-state index in [9.17, 15) is 14.4 Å².